The lowest BCUT2D eigenvalue weighted by molar-refractivity contribution is 0.0835. The lowest BCUT2D eigenvalue weighted by atomic mass is 10.2. The van der Waals surface area contributed by atoms with Gasteiger partial charge in [0.15, 0.2) is 5.82 Å². The van der Waals surface area contributed by atoms with E-state index in [1.807, 2.05) is 6.92 Å². The van der Waals surface area contributed by atoms with Gasteiger partial charge in [0.2, 0.25) is 5.82 Å². The van der Waals surface area contributed by atoms with E-state index < -0.39 is 0 Å². The Morgan fingerprint density at radius 2 is 2.32 bits per heavy atom. The number of fused-ring (bicyclic) bond motifs is 1. The summed E-state index contributed by atoms with van der Waals surface area (Å²) >= 11 is 0. The van der Waals surface area contributed by atoms with Crippen molar-refractivity contribution in [1.82, 2.24) is 35.0 Å². The molecule has 0 aromatic carbocycles. The van der Waals surface area contributed by atoms with Gasteiger partial charge in [-0.15, -0.1) is 10.2 Å². The van der Waals surface area contributed by atoms with E-state index in [9.17, 15) is 4.79 Å². The Balaban J connectivity index is 1.35. The summed E-state index contributed by atoms with van der Waals surface area (Å²) in [4.78, 5) is 20.8. The molecule has 0 bridgehead atoms. The molecule has 0 saturated carbocycles. The van der Waals surface area contributed by atoms with Crippen molar-refractivity contribution in [3.63, 3.8) is 0 Å². The summed E-state index contributed by atoms with van der Waals surface area (Å²) in [5.74, 6) is 1.29. The van der Waals surface area contributed by atoms with Crippen molar-refractivity contribution in [2.45, 2.75) is 32.3 Å². The molecule has 0 aliphatic carbocycles. The standard InChI is InChI=1S/C15H17N7O3/c1-9-5-7-22-12(19-20-15(22)17-9)13(23)16-6-4-11-18-14(25-21-11)10-3-2-8-24-10/h5,7,10H,2-4,6,8H2,1H3,(H,16,23). The molecule has 4 heterocycles. The number of carbonyl (C=O) groups excluding carboxylic acids is 1. The number of ether oxygens (including phenoxy) is 1. The largest absolute Gasteiger partial charge is 0.368 e. The van der Waals surface area contributed by atoms with Crippen LogP contribution in [0.25, 0.3) is 5.78 Å². The molecule has 1 unspecified atom stereocenters. The normalized spacial score (nSPS) is 17.2. The molecule has 3 aromatic rings. The number of rotatable bonds is 5. The highest BCUT2D eigenvalue weighted by atomic mass is 16.5. The van der Waals surface area contributed by atoms with Crippen LogP contribution in [0.15, 0.2) is 16.8 Å². The number of aromatic nitrogens is 6. The van der Waals surface area contributed by atoms with Crippen molar-refractivity contribution in [1.29, 1.82) is 0 Å². The van der Waals surface area contributed by atoms with Crippen LogP contribution in [0.1, 0.15) is 47.0 Å². The van der Waals surface area contributed by atoms with Crippen molar-refractivity contribution in [3.05, 3.63) is 35.5 Å². The first-order chi connectivity index (χ1) is 12.2. The molecular formula is C15H17N7O3. The van der Waals surface area contributed by atoms with Gasteiger partial charge in [-0.1, -0.05) is 5.16 Å². The molecule has 10 heteroatoms. The van der Waals surface area contributed by atoms with Crippen LogP contribution in [0.2, 0.25) is 0 Å². The summed E-state index contributed by atoms with van der Waals surface area (Å²) in [5, 5.41) is 14.5. The average Bonchev–Trinajstić information content (AvgIpc) is 3.34. The topological polar surface area (TPSA) is 120 Å². The highest BCUT2D eigenvalue weighted by Crippen LogP contribution is 2.26. The molecule has 3 aromatic heterocycles. The van der Waals surface area contributed by atoms with Gasteiger partial charge in [0.05, 0.1) is 0 Å². The van der Waals surface area contributed by atoms with Gasteiger partial charge in [-0.05, 0) is 25.8 Å². The molecule has 0 radical (unpaired) electrons. The number of nitrogens with one attached hydrogen (secondary N) is 1. The Kier molecular flexibility index (Phi) is 4.10. The minimum atomic E-state index is -0.332. The van der Waals surface area contributed by atoms with Gasteiger partial charge in [-0.25, -0.2) is 4.98 Å². The fourth-order valence-corrected chi connectivity index (χ4v) is 2.67. The van der Waals surface area contributed by atoms with Crippen molar-refractivity contribution in [3.8, 4) is 0 Å². The summed E-state index contributed by atoms with van der Waals surface area (Å²) in [6.45, 7) is 2.93. The Morgan fingerprint density at radius 3 is 3.16 bits per heavy atom. The number of hydrogen-bond acceptors (Lipinski definition) is 8. The lowest BCUT2D eigenvalue weighted by Crippen LogP contribution is -2.27. The number of aryl methyl sites for hydroxylation is 1. The van der Waals surface area contributed by atoms with Gasteiger partial charge in [-0.3, -0.25) is 9.20 Å². The van der Waals surface area contributed by atoms with Crippen molar-refractivity contribution in [2.24, 2.45) is 0 Å². The van der Waals surface area contributed by atoms with E-state index in [-0.39, 0.29) is 17.8 Å². The zero-order valence-corrected chi connectivity index (χ0v) is 13.7. The van der Waals surface area contributed by atoms with E-state index in [1.54, 1.807) is 16.7 Å². The average molecular weight is 343 g/mol. The summed E-state index contributed by atoms with van der Waals surface area (Å²) in [7, 11) is 0. The van der Waals surface area contributed by atoms with Gasteiger partial charge < -0.3 is 14.6 Å². The van der Waals surface area contributed by atoms with E-state index >= 15 is 0 Å². The van der Waals surface area contributed by atoms with Crippen LogP contribution in [0, 0.1) is 6.92 Å². The summed E-state index contributed by atoms with van der Waals surface area (Å²) in [5.41, 5.74) is 0.811. The third kappa shape index (κ3) is 3.20. The first-order valence-corrected chi connectivity index (χ1v) is 8.11. The molecule has 1 amide bonds. The number of hydrogen-bond donors (Lipinski definition) is 1. The minimum absolute atomic E-state index is 0.103. The smallest absolute Gasteiger partial charge is 0.289 e. The molecule has 1 N–H and O–H groups in total. The third-order valence-electron chi connectivity index (χ3n) is 3.95. The summed E-state index contributed by atoms with van der Waals surface area (Å²) in [6, 6.07) is 1.79. The van der Waals surface area contributed by atoms with Crippen molar-refractivity contribution < 1.29 is 14.1 Å². The summed E-state index contributed by atoms with van der Waals surface area (Å²) < 4.78 is 12.3. The molecular weight excluding hydrogens is 326 g/mol. The quantitative estimate of drug-likeness (QED) is 0.716. The molecule has 1 aliphatic rings. The van der Waals surface area contributed by atoms with Crippen LogP contribution in [0.5, 0.6) is 0 Å². The van der Waals surface area contributed by atoms with Crippen LogP contribution in [0.4, 0.5) is 0 Å². The van der Waals surface area contributed by atoms with Crippen molar-refractivity contribution >= 4 is 11.7 Å². The van der Waals surface area contributed by atoms with Crippen LogP contribution in [-0.4, -0.2) is 48.8 Å². The maximum atomic E-state index is 12.3. The maximum absolute atomic E-state index is 12.3. The zero-order valence-electron chi connectivity index (χ0n) is 13.7. The SMILES string of the molecule is Cc1ccn2c(C(=O)NCCc3noc(C4CCCO4)n3)nnc2n1. The van der Waals surface area contributed by atoms with E-state index in [1.165, 1.54) is 0 Å². The second-order valence-corrected chi connectivity index (χ2v) is 5.82. The van der Waals surface area contributed by atoms with Crippen LogP contribution in [0.3, 0.4) is 0 Å². The first kappa shape index (κ1) is 15.6. The number of nitrogens with zero attached hydrogens (tertiary/aromatic N) is 6. The molecule has 130 valence electrons. The lowest BCUT2D eigenvalue weighted by Gasteiger charge is -2.02. The van der Waals surface area contributed by atoms with E-state index in [0.29, 0.717) is 30.5 Å². The second kappa shape index (κ2) is 6.55. The molecule has 1 fully saturated rings. The molecule has 0 spiro atoms. The second-order valence-electron chi connectivity index (χ2n) is 5.82. The van der Waals surface area contributed by atoms with Gasteiger partial charge in [0, 0.05) is 31.5 Å². The van der Waals surface area contributed by atoms with Crippen LogP contribution < -0.4 is 5.32 Å². The molecule has 25 heavy (non-hydrogen) atoms. The van der Waals surface area contributed by atoms with E-state index in [2.05, 4.69) is 30.6 Å². The predicted octanol–water partition coefficient (Wildman–Crippen LogP) is 0.640. The highest BCUT2D eigenvalue weighted by molar-refractivity contribution is 5.91. The van der Waals surface area contributed by atoms with Gasteiger partial charge in [0.25, 0.3) is 17.6 Å². The zero-order chi connectivity index (χ0) is 17.2. The molecule has 10 nitrogen and oxygen atoms in total. The molecule has 1 aliphatic heterocycles. The highest BCUT2D eigenvalue weighted by Gasteiger charge is 2.23. The molecule has 1 atom stereocenters. The predicted molar refractivity (Wildman–Crippen MR) is 83.8 cm³/mol. The van der Waals surface area contributed by atoms with E-state index in [4.69, 9.17) is 9.26 Å². The van der Waals surface area contributed by atoms with Crippen LogP contribution in [-0.2, 0) is 11.2 Å². The van der Waals surface area contributed by atoms with Gasteiger partial charge in [0.1, 0.15) is 6.10 Å². The Bertz CT molecular complexity index is 898. The van der Waals surface area contributed by atoms with Crippen molar-refractivity contribution in [2.75, 3.05) is 13.2 Å². The molecule has 4 rings (SSSR count). The van der Waals surface area contributed by atoms with E-state index in [0.717, 1.165) is 25.1 Å². The third-order valence-corrected chi connectivity index (χ3v) is 3.95. The number of carbonyl (C=O) groups is 1. The number of amides is 1. The molecule has 1 saturated heterocycles. The Hall–Kier alpha value is -2.88. The van der Waals surface area contributed by atoms with Gasteiger partial charge >= 0.3 is 0 Å². The van der Waals surface area contributed by atoms with Gasteiger partial charge in [-0.2, -0.15) is 4.98 Å². The first-order valence-electron chi connectivity index (χ1n) is 8.11. The Labute approximate surface area is 142 Å². The Morgan fingerprint density at radius 1 is 1.40 bits per heavy atom. The monoisotopic (exact) mass is 343 g/mol. The summed E-state index contributed by atoms with van der Waals surface area (Å²) in [6.07, 6.45) is 3.97. The van der Waals surface area contributed by atoms with Crippen LogP contribution >= 0.6 is 0 Å². The fraction of sp³-hybridized carbons (Fsp3) is 0.467. The minimum Gasteiger partial charge on any atom is -0.368 e. The maximum Gasteiger partial charge on any atom is 0.289 e. The fourth-order valence-electron chi connectivity index (χ4n) is 2.67.